The molecule has 0 spiro atoms. The Morgan fingerprint density at radius 1 is 1.27 bits per heavy atom. The van der Waals surface area contributed by atoms with Crippen molar-refractivity contribution in [2.24, 2.45) is 0 Å². The summed E-state index contributed by atoms with van der Waals surface area (Å²) in [5.41, 5.74) is 2.18. The third-order valence-electron chi connectivity index (χ3n) is 3.69. The van der Waals surface area contributed by atoms with Gasteiger partial charge in [-0.1, -0.05) is 23.7 Å². The van der Waals surface area contributed by atoms with Gasteiger partial charge in [-0.15, -0.1) is 11.3 Å². The van der Waals surface area contributed by atoms with E-state index in [4.69, 9.17) is 16.3 Å². The van der Waals surface area contributed by atoms with Gasteiger partial charge in [-0.2, -0.15) is 0 Å². The minimum Gasteiger partial charge on any atom is -0.378 e. The molecule has 22 heavy (non-hydrogen) atoms. The van der Waals surface area contributed by atoms with Crippen LogP contribution in [-0.2, 0) is 11.2 Å². The average Bonchev–Trinajstić information content (AvgIpc) is 3.00. The van der Waals surface area contributed by atoms with Crippen molar-refractivity contribution in [3.8, 4) is 10.4 Å². The maximum atomic E-state index is 12.6. The number of morpholine rings is 1. The van der Waals surface area contributed by atoms with Crippen LogP contribution in [0.2, 0.25) is 5.02 Å². The van der Waals surface area contributed by atoms with E-state index in [1.54, 1.807) is 0 Å². The number of carbonyl (C=O) groups excluding carboxylic acids is 1. The van der Waals surface area contributed by atoms with Crippen LogP contribution in [0.3, 0.4) is 0 Å². The average molecular weight is 335 g/mol. The normalized spacial score (nSPS) is 15.1. The van der Waals surface area contributed by atoms with Gasteiger partial charge in [0.05, 0.1) is 18.1 Å². The summed E-state index contributed by atoms with van der Waals surface area (Å²) < 4.78 is 5.30. The zero-order chi connectivity index (χ0) is 15.5. The van der Waals surface area contributed by atoms with Crippen LogP contribution in [0.15, 0.2) is 30.3 Å². The Kier molecular flexibility index (Phi) is 4.81. The first-order valence-electron chi connectivity index (χ1n) is 7.24. The zero-order valence-electron chi connectivity index (χ0n) is 12.2. The maximum Gasteiger partial charge on any atom is 0.264 e. The van der Waals surface area contributed by atoms with Gasteiger partial charge in [0.15, 0.2) is 0 Å². The van der Waals surface area contributed by atoms with Crippen LogP contribution in [0.5, 0.6) is 0 Å². The second kappa shape index (κ2) is 6.82. The zero-order valence-corrected chi connectivity index (χ0v) is 13.8. The molecule has 1 aliphatic rings. The van der Waals surface area contributed by atoms with E-state index in [0.717, 1.165) is 20.9 Å². The molecule has 3 nitrogen and oxygen atoms in total. The first kappa shape index (κ1) is 15.5. The minimum atomic E-state index is 0.0863. The summed E-state index contributed by atoms with van der Waals surface area (Å²) in [5.74, 6) is 0.0863. The van der Waals surface area contributed by atoms with E-state index in [0.29, 0.717) is 37.7 Å². The Morgan fingerprint density at radius 3 is 2.59 bits per heavy atom. The highest BCUT2D eigenvalue weighted by Crippen LogP contribution is 2.34. The van der Waals surface area contributed by atoms with Crippen molar-refractivity contribution < 1.29 is 9.53 Å². The fourth-order valence-electron chi connectivity index (χ4n) is 2.49. The van der Waals surface area contributed by atoms with E-state index in [1.165, 1.54) is 11.3 Å². The molecule has 1 amide bonds. The first-order valence-corrected chi connectivity index (χ1v) is 8.43. The smallest absolute Gasteiger partial charge is 0.264 e. The van der Waals surface area contributed by atoms with Gasteiger partial charge in [0.1, 0.15) is 0 Å². The lowest BCUT2D eigenvalue weighted by atomic mass is 10.1. The van der Waals surface area contributed by atoms with Gasteiger partial charge in [-0.3, -0.25) is 4.79 Å². The number of carbonyl (C=O) groups is 1. The summed E-state index contributed by atoms with van der Waals surface area (Å²) >= 11 is 7.48. The molecule has 0 atom stereocenters. The number of hydrogen-bond acceptors (Lipinski definition) is 3. The lowest BCUT2D eigenvalue weighted by Gasteiger charge is -2.26. The summed E-state index contributed by atoms with van der Waals surface area (Å²) in [5, 5.41) is 0.709. The highest BCUT2D eigenvalue weighted by molar-refractivity contribution is 7.17. The molecular weight excluding hydrogens is 318 g/mol. The maximum absolute atomic E-state index is 12.6. The highest BCUT2D eigenvalue weighted by Gasteiger charge is 2.22. The predicted octanol–water partition coefficient (Wildman–Crippen LogP) is 3.92. The van der Waals surface area contributed by atoms with Gasteiger partial charge in [0.25, 0.3) is 5.91 Å². The molecule has 115 valence electrons. The summed E-state index contributed by atoms with van der Waals surface area (Å²) in [6.07, 6.45) is 0.658. The molecule has 0 aliphatic carbocycles. The number of hydrogen-bond donors (Lipinski definition) is 0. The van der Waals surface area contributed by atoms with Crippen molar-refractivity contribution in [3.05, 3.63) is 52.7 Å². The van der Waals surface area contributed by atoms with Crippen molar-refractivity contribution >= 4 is 28.8 Å². The number of amides is 1. The summed E-state index contributed by atoms with van der Waals surface area (Å²) in [6, 6.07) is 9.67. The van der Waals surface area contributed by atoms with Gasteiger partial charge in [0.2, 0.25) is 0 Å². The van der Waals surface area contributed by atoms with Crippen LogP contribution < -0.4 is 0 Å². The van der Waals surface area contributed by atoms with Crippen LogP contribution in [0.4, 0.5) is 0 Å². The topological polar surface area (TPSA) is 29.5 Å². The Hall–Kier alpha value is -1.36. The van der Waals surface area contributed by atoms with E-state index in [1.807, 2.05) is 35.2 Å². The molecule has 1 fully saturated rings. The van der Waals surface area contributed by atoms with E-state index < -0.39 is 0 Å². The second-order valence-corrected chi connectivity index (χ2v) is 6.62. The minimum absolute atomic E-state index is 0.0863. The van der Waals surface area contributed by atoms with Crippen molar-refractivity contribution in [1.29, 1.82) is 0 Å². The lowest BCUT2D eigenvalue weighted by Crippen LogP contribution is -2.40. The SMILES string of the molecule is [CH2]Cc1cc(C(=O)N2CCOCC2)sc1-c1ccc(Cl)cc1. The number of benzene rings is 1. The van der Waals surface area contributed by atoms with Gasteiger partial charge in [0, 0.05) is 23.0 Å². The van der Waals surface area contributed by atoms with Crippen LogP contribution in [0, 0.1) is 6.92 Å². The molecule has 1 aliphatic heterocycles. The van der Waals surface area contributed by atoms with Crippen LogP contribution >= 0.6 is 22.9 Å². The Balaban J connectivity index is 1.90. The van der Waals surface area contributed by atoms with Crippen LogP contribution in [-0.4, -0.2) is 37.1 Å². The molecule has 1 aromatic carbocycles. The predicted molar refractivity (Wildman–Crippen MR) is 90.5 cm³/mol. The third kappa shape index (κ3) is 3.19. The van der Waals surface area contributed by atoms with Crippen molar-refractivity contribution in [3.63, 3.8) is 0 Å². The number of ether oxygens (including phenoxy) is 1. The standard InChI is InChI=1S/C17H17ClNO2S/c1-2-12-11-15(17(20)19-7-9-21-10-8-19)22-16(12)13-3-5-14(18)6-4-13/h3-6,11H,1-2,7-10H2. The summed E-state index contributed by atoms with van der Waals surface area (Å²) in [6.45, 7) is 6.53. The Labute approximate surface area is 139 Å². The molecule has 0 unspecified atom stereocenters. The van der Waals surface area contributed by atoms with Crippen LogP contribution in [0.25, 0.3) is 10.4 Å². The fraction of sp³-hybridized carbons (Fsp3) is 0.294. The highest BCUT2D eigenvalue weighted by atomic mass is 35.5. The Bertz CT molecular complexity index is 660. The molecule has 3 rings (SSSR count). The fourth-order valence-corrected chi connectivity index (χ4v) is 3.80. The number of rotatable bonds is 3. The van der Waals surface area contributed by atoms with Crippen molar-refractivity contribution in [2.75, 3.05) is 26.3 Å². The molecule has 2 aromatic rings. The second-order valence-electron chi connectivity index (χ2n) is 5.13. The van der Waals surface area contributed by atoms with Crippen LogP contribution in [0.1, 0.15) is 15.2 Å². The molecule has 1 saturated heterocycles. The van der Waals surface area contributed by atoms with Crippen molar-refractivity contribution in [1.82, 2.24) is 4.90 Å². The quantitative estimate of drug-likeness (QED) is 0.851. The van der Waals surface area contributed by atoms with Gasteiger partial charge < -0.3 is 9.64 Å². The van der Waals surface area contributed by atoms with E-state index in [2.05, 4.69) is 6.92 Å². The van der Waals surface area contributed by atoms with E-state index in [9.17, 15) is 4.79 Å². The Morgan fingerprint density at radius 2 is 1.95 bits per heavy atom. The number of halogens is 1. The molecule has 0 bridgehead atoms. The lowest BCUT2D eigenvalue weighted by molar-refractivity contribution is 0.0306. The van der Waals surface area contributed by atoms with Gasteiger partial charge in [-0.05, 0) is 42.7 Å². The first-order chi connectivity index (χ1) is 10.7. The monoisotopic (exact) mass is 334 g/mol. The molecule has 1 aromatic heterocycles. The molecule has 0 N–H and O–H groups in total. The number of nitrogens with zero attached hydrogens (tertiary/aromatic N) is 1. The molecule has 1 radical (unpaired) electrons. The van der Waals surface area contributed by atoms with E-state index in [-0.39, 0.29) is 5.91 Å². The molecule has 2 heterocycles. The molecule has 0 saturated carbocycles. The molecular formula is C17H17ClNO2S. The largest absolute Gasteiger partial charge is 0.378 e. The summed E-state index contributed by atoms with van der Waals surface area (Å²) in [4.78, 5) is 16.3. The van der Waals surface area contributed by atoms with Gasteiger partial charge >= 0.3 is 0 Å². The third-order valence-corrected chi connectivity index (χ3v) is 5.16. The van der Waals surface area contributed by atoms with Gasteiger partial charge in [-0.25, -0.2) is 0 Å². The van der Waals surface area contributed by atoms with Crippen molar-refractivity contribution in [2.45, 2.75) is 6.42 Å². The number of thiophene rings is 1. The summed E-state index contributed by atoms with van der Waals surface area (Å²) in [7, 11) is 0. The van der Waals surface area contributed by atoms with E-state index >= 15 is 0 Å². The molecule has 5 heteroatoms.